The van der Waals surface area contributed by atoms with E-state index in [0.717, 1.165) is 28.4 Å². The summed E-state index contributed by atoms with van der Waals surface area (Å²) in [5.41, 5.74) is 12.0. The molecule has 1 heterocycles. The molecule has 0 bridgehead atoms. The third kappa shape index (κ3) is 5.42. The van der Waals surface area contributed by atoms with Crippen LogP contribution in [0.1, 0.15) is 39.2 Å². The summed E-state index contributed by atoms with van der Waals surface area (Å²) in [6.07, 6.45) is 1.72. The number of thioether (sulfide) groups is 1. The fourth-order valence-corrected chi connectivity index (χ4v) is 4.11. The SMILES string of the molecule is Cc1ccc(CSCC(=O)N/N=C/c2cc(C)n(-c3ccc(C)c(C)c3)c2C)cc1. The largest absolute Gasteiger partial charge is 0.318 e. The van der Waals surface area contributed by atoms with Crippen molar-refractivity contribution in [1.82, 2.24) is 9.99 Å². The molecule has 0 saturated heterocycles. The van der Waals surface area contributed by atoms with Crippen LogP contribution in [0.4, 0.5) is 0 Å². The molecule has 1 N–H and O–H groups in total. The molecule has 1 aromatic heterocycles. The van der Waals surface area contributed by atoms with E-state index in [1.54, 1.807) is 18.0 Å². The van der Waals surface area contributed by atoms with Crippen molar-refractivity contribution in [1.29, 1.82) is 0 Å². The van der Waals surface area contributed by atoms with E-state index in [-0.39, 0.29) is 5.91 Å². The highest BCUT2D eigenvalue weighted by atomic mass is 32.2. The van der Waals surface area contributed by atoms with Gasteiger partial charge >= 0.3 is 0 Å². The Morgan fingerprint density at radius 3 is 2.43 bits per heavy atom. The van der Waals surface area contributed by atoms with Gasteiger partial charge in [0.25, 0.3) is 0 Å². The number of aromatic nitrogens is 1. The summed E-state index contributed by atoms with van der Waals surface area (Å²) >= 11 is 1.59. The Balaban J connectivity index is 1.57. The van der Waals surface area contributed by atoms with Crippen LogP contribution in [0.25, 0.3) is 5.69 Å². The number of carbonyl (C=O) groups is 1. The Bertz CT molecular complexity index is 1060. The Morgan fingerprint density at radius 1 is 1.00 bits per heavy atom. The minimum Gasteiger partial charge on any atom is -0.318 e. The van der Waals surface area contributed by atoms with Crippen molar-refractivity contribution in [3.05, 3.63) is 87.7 Å². The zero-order chi connectivity index (χ0) is 21.7. The highest BCUT2D eigenvalue weighted by Gasteiger charge is 2.10. The highest BCUT2D eigenvalue weighted by Crippen LogP contribution is 2.22. The van der Waals surface area contributed by atoms with Crippen LogP contribution in [0.3, 0.4) is 0 Å². The lowest BCUT2D eigenvalue weighted by Crippen LogP contribution is -2.19. The van der Waals surface area contributed by atoms with Gasteiger partial charge in [-0.15, -0.1) is 11.8 Å². The lowest BCUT2D eigenvalue weighted by molar-refractivity contribution is -0.118. The van der Waals surface area contributed by atoms with Crippen molar-refractivity contribution in [2.24, 2.45) is 5.10 Å². The van der Waals surface area contributed by atoms with Gasteiger partial charge in [-0.2, -0.15) is 5.10 Å². The van der Waals surface area contributed by atoms with Crippen molar-refractivity contribution < 1.29 is 4.79 Å². The monoisotopic (exact) mass is 419 g/mol. The number of rotatable bonds is 7. The van der Waals surface area contributed by atoms with E-state index in [0.29, 0.717) is 5.75 Å². The first-order chi connectivity index (χ1) is 14.3. The van der Waals surface area contributed by atoms with E-state index in [1.165, 1.54) is 22.3 Å². The van der Waals surface area contributed by atoms with Crippen molar-refractivity contribution >= 4 is 23.9 Å². The van der Waals surface area contributed by atoms with E-state index >= 15 is 0 Å². The van der Waals surface area contributed by atoms with Gasteiger partial charge in [-0.1, -0.05) is 35.9 Å². The van der Waals surface area contributed by atoms with E-state index in [9.17, 15) is 4.79 Å². The van der Waals surface area contributed by atoms with Crippen molar-refractivity contribution in [2.45, 2.75) is 40.4 Å². The minimum absolute atomic E-state index is 0.0914. The second-order valence-electron chi connectivity index (χ2n) is 7.70. The average Bonchev–Trinajstić information content (AvgIpc) is 2.99. The molecular formula is C25H29N3OS. The summed E-state index contributed by atoms with van der Waals surface area (Å²) in [7, 11) is 0. The molecule has 156 valence electrons. The first-order valence-electron chi connectivity index (χ1n) is 10.1. The van der Waals surface area contributed by atoms with E-state index < -0.39 is 0 Å². The maximum atomic E-state index is 12.1. The third-order valence-corrected chi connectivity index (χ3v) is 6.24. The summed E-state index contributed by atoms with van der Waals surface area (Å²) in [5.74, 6) is 1.10. The molecule has 0 spiro atoms. The number of nitrogens with zero attached hydrogens (tertiary/aromatic N) is 2. The van der Waals surface area contributed by atoms with Gasteiger partial charge in [-0.3, -0.25) is 4.79 Å². The smallest absolute Gasteiger partial charge is 0.250 e. The quantitative estimate of drug-likeness (QED) is 0.411. The molecule has 2 aromatic carbocycles. The molecule has 5 heteroatoms. The predicted molar refractivity (Wildman–Crippen MR) is 128 cm³/mol. The van der Waals surface area contributed by atoms with Gasteiger partial charge < -0.3 is 4.57 Å². The van der Waals surface area contributed by atoms with Crippen molar-refractivity contribution in [3.8, 4) is 5.69 Å². The molecule has 0 atom stereocenters. The zero-order valence-corrected chi connectivity index (χ0v) is 19.1. The standard InChI is InChI=1S/C25H29N3OS/c1-17-6-9-22(10-7-17)15-30-16-25(29)27-26-14-23-13-20(4)28(21(23)5)24-11-8-18(2)19(3)12-24/h6-14H,15-16H2,1-5H3,(H,27,29)/b26-14+. The van der Waals surface area contributed by atoms with Crippen LogP contribution in [-0.2, 0) is 10.5 Å². The molecule has 0 saturated carbocycles. The summed E-state index contributed by atoms with van der Waals surface area (Å²) in [6.45, 7) is 10.5. The lowest BCUT2D eigenvalue weighted by Gasteiger charge is -2.11. The number of aryl methyl sites for hydroxylation is 4. The van der Waals surface area contributed by atoms with Crippen LogP contribution >= 0.6 is 11.8 Å². The third-order valence-electron chi connectivity index (χ3n) is 5.23. The zero-order valence-electron chi connectivity index (χ0n) is 18.3. The second kappa shape index (κ2) is 9.81. The first-order valence-corrected chi connectivity index (χ1v) is 11.2. The van der Waals surface area contributed by atoms with Gasteiger partial charge in [-0.05, 0) is 69.5 Å². The summed E-state index contributed by atoms with van der Waals surface area (Å²) < 4.78 is 2.22. The van der Waals surface area contributed by atoms with Crippen LogP contribution in [-0.4, -0.2) is 22.4 Å². The Morgan fingerprint density at radius 2 is 1.73 bits per heavy atom. The molecule has 0 aliphatic carbocycles. The van der Waals surface area contributed by atoms with Gasteiger partial charge in [0.1, 0.15) is 0 Å². The van der Waals surface area contributed by atoms with Crippen LogP contribution in [0.5, 0.6) is 0 Å². The Kier molecular flexibility index (Phi) is 7.16. The maximum absolute atomic E-state index is 12.1. The van der Waals surface area contributed by atoms with Crippen LogP contribution < -0.4 is 5.43 Å². The second-order valence-corrected chi connectivity index (χ2v) is 8.69. The number of hydrogen-bond donors (Lipinski definition) is 1. The Hall–Kier alpha value is -2.79. The molecule has 0 radical (unpaired) electrons. The summed E-state index contributed by atoms with van der Waals surface area (Å²) in [6, 6.07) is 17.0. The van der Waals surface area contributed by atoms with E-state index in [4.69, 9.17) is 0 Å². The summed E-state index contributed by atoms with van der Waals surface area (Å²) in [5, 5.41) is 4.17. The molecule has 30 heavy (non-hydrogen) atoms. The minimum atomic E-state index is -0.0914. The van der Waals surface area contributed by atoms with Crippen molar-refractivity contribution in [2.75, 3.05) is 5.75 Å². The van der Waals surface area contributed by atoms with Crippen LogP contribution in [0.2, 0.25) is 0 Å². The van der Waals surface area contributed by atoms with E-state index in [1.807, 2.05) is 0 Å². The number of hydrogen-bond acceptors (Lipinski definition) is 3. The van der Waals surface area contributed by atoms with Gasteiger partial charge in [0.05, 0.1) is 12.0 Å². The fraction of sp³-hybridized carbons (Fsp3) is 0.280. The normalized spacial score (nSPS) is 11.2. The van der Waals surface area contributed by atoms with Crippen LogP contribution in [0.15, 0.2) is 53.6 Å². The number of hydrazone groups is 1. The molecule has 3 rings (SSSR count). The topological polar surface area (TPSA) is 46.4 Å². The molecule has 0 unspecified atom stereocenters. The molecule has 4 nitrogen and oxygen atoms in total. The number of carbonyl (C=O) groups excluding carboxylic acids is 1. The molecule has 0 aliphatic rings. The lowest BCUT2D eigenvalue weighted by atomic mass is 10.1. The van der Waals surface area contributed by atoms with Crippen molar-refractivity contribution in [3.63, 3.8) is 0 Å². The molecular weight excluding hydrogens is 390 g/mol. The number of nitrogens with one attached hydrogen (secondary N) is 1. The molecule has 3 aromatic rings. The fourth-order valence-electron chi connectivity index (χ4n) is 3.33. The number of benzene rings is 2. The molecule has 0 fully saturated rings. The molecule has 0 aliphatic heterocycles. The highest BCUT2D eigenvalue weighted by molar-refractivity contribution is 7.99. The van der Waals surface area contributed by atoms with Gasteiger partial charge in [0, 0.05) is 28.4 Å². The number of amides is 1. The summed E-state index contributed by atoms with van der Waals surface area (Å²) in [4.78, 5) is 12.1. The predicted octanol–water partition coefficient (Wildman–Crippen LogP) is 5.40. The van der Waals surface area contributed by atoms with Gasteiger partial charge in [-0.25, -0.2) is 5.43 Å². The van der Waals surface area contributed by atoms with E-state index in [2.05, 4.69) is 98.2 Å². The van der Waals surface area contributed by atoms with Crippen LogP contribution in [0, 0.1) is 34.6 Å². The molecule has 1 amide bonds. The first kappa shape index (κ1) is 21.9. The van der Waals surface area contributed by atoms with Gasteiger partial charge in [0.2, 0.25) is 5.91 Å². The maximum Gasteiger partial charge on any atom is 0.250 e. The average molecular weight is 420 g/mol. The van der Waals surface area contributed by atoms with Gasteiger partial charge in [0.15, 0.2) is 0 Å². The Labute approximate surface area is 183 Å².